The van der Waals surface area contributed by atoms with Gasteiger partial charge in [-0.1, -0.05) is 184 Å². The maximum atomic E-state index is 11.1. The summed E-state index contributed by atoms with van der Waals surface area (Å²) in [5, 5.41) is 35.3. The zero-order chi connectivity index (χ0) is 60.4. The van der Waals surface area contributed by atoms with Gasteiger partial charge in [0.2, 0.25) is 0 Å². The molecule has 0 aliphatic heterocycles. The molecule has 5 aromatic carbocycles. The average molecular weight is 1100 g/mol. The van der Waals surface area contributed by atoms with Crippen LogP contribution in [0.5, 0.6) is 0 Å². The van der Waals surface area contributed by atoms with E-state index in [1.54, 1.807) is 63.8 Å². The number of aryl methyl sites for hydroxylation is 6. The van der Waals surface area contributed by atoms with Crippen LogP contribution in [-0.4, -0.2) is 43.3 Å². The fourth-order valence-electron chi connectivity index (χ4n) is 13.1. The van der Waals surface area contributed by atoms with E-state index in [1.807, 2.05) is 56.8 Å². The van der Waals surface area contributed by atoms with Crippen molar-refractivity contribution in [2.75, 3.05) is 0 Å². The zero-order valence-corrected chi connectivity index (χ0v) is 54.1. The molecule has 436 valence electrons. The van der Waals surface area contributed by atoms with Crippen LogP contribution in [-0.2, 0) is 49.9 Å². The van der Waals surface area contributed by atoms with E-state index in [9.17, 15) is 15.0 Å². The van der Waals surface area contributed by atoms with Crippen molar-refractivity contribution in [2.24, 2.45) is 0 Å². The van der Waals surface area contributed by atoms with Gasteiger partial charge in [0.25, 0.3) is 0 Å². The number of carboxylic acids is 1. The van der Waals surface area contributed by atoms with Gasteiger partial charge in [0.1, 0.15) is 0 Å². The molecule has 6 heteroatoms. The summed E-state index contributed by atoms with van der Waals surface area (Å²) in [6.45, 7) is 50.4. The number of carbonyl (C=O) groups is 1. The molecule has 1 heterocycles. The third-order valence-electron chi connectivity index (χ3n) is 20.4. The lowest BCUT2D eigenvalue weighted by Gasteiger charge is -2.49. The molecular formula is C75H102N2O4. The molecular weight excluding hydrogens is 993 g/mol. The molecule has 81 heavy (non-hydrogen) atoms. The van der Waals surface area contributed by atoms with Gasteiger partial charge in [0.05, 0.1) is 24.3 Å². The van der Waals surface area contributed by atoms with Crippen molar-refractivity contribution in [3.63, 3.8) is 0 Å². The van der Waals surface area contributed by atoms with Gasteiger partial charge in [-0.15, -0.1) is 0 Å². The first-order valence-corrected chi connectivity index (χ1v) is 30.1. The van der Waals surface area contributed by atoms with Crippen LogP contribution in [0.1, 0.15) is 254 Å². The van der Waals surface area contributed by atoms with Crippen LogP contribution in [0.4, 0.5) is 0 Å². The Kier molecular flexibility index (Phi) is 17.5. The first-order valence-electron chi connectivity index (χ1n) is 30.1. The van der Waals surface area contributed by atoms with E-state index in [4.69, 9.17) is 5.11 Å². The largest absolute Gasteiger partial charge is 0.478 e. The van der Waals surface area contributed by atoms with E-state index in [2.05, 4.69) is 178 Å². The summed E-state index contributed by atoms with van der Waals surface area (Å²) in [5.41, 5.74) is 24.1. The van der Waals surface area contributed by atoms with Gasteiger partial charge in [-0.2, -0.15) is 5.10 Å². The van der Waals surface area contributed by atoms with E-state index < -0.39 is 29.0 Å². The second kappa shape index (κ2) is 22.5. The highest BCUT2D eigenvalue weighted by Gasteiger charge is 2.50. The predicted octanol–water partition coefficient (Wildman–Crippen LogP) is 18.0. The Balaban J connectivity index is 0.000000167. The Morgan fingerprint density at radius 1 is 0.469 bits per heavy atom. The third-order valence-corrected chi connectivity index (χ3v) is 20.4. The van der Waals surface area contributed by atoms with E-state index in [1.165, 1.54) is 71.9 Å². The van der Waals surface area contributed by atoms with Gasteiger partial charge in [-0.3, -0.25) is 4.68 Å². The Labute approximate surface area is 490 Å². The number of aliphatic hydroxyl groups is 2. The molecule has 0 spiro atoms. The van der Waals surface area contributed by atoms with Crippen LogP contribution in [0.25, 0.3) is 12.2 Å². The summed E-state index contributed by atoms with van der Waals surface area (Å²) in [6, 6.07) is 27.4. The topological polar surface area (TPSA) is 95.6 Å². The number of aromatic carboxylic acids is 1. The van der Waals surface area contributed by atoms with Crippen LogP contribution in [0, 0.1) is 41.5 Å². The van der Waals surface area contributed by atoms with Crippen molar-refractivity contribution < 1.29 is 20.1 Å². The Hall–Kier alpha value is -5.56. The molecule has 1 aromatic heterocycles. The first kappa shape index (κ1) is 63.0. The minimum Gasteiger partial charge on any atom is -0.478 e. The fourth-order valence-corrected chi connectivity index (χ4v) is 13.1. The number of nitrogens with zero attached hydrogens (tertiary/aromatic N) is 2. The van der Waals surface area contributed by atoms with Crippen LogP contribution >= 0.6 is 0 Å². The number of hydrogen-bond acceptors (Lipinski definition) is 4. The second-order valence-electron chi connectivity index (χ2n) is 30.1. The molecule has 4 aliphatic rings. The lowest BCUT2D eigenvalue weighted by molar-refractivity contribution is -0.0673. The predicted molar refractivity (Wildman–Crippen MR) is 342 cm³/mol. The second-order valence-corrected chi connectivity index (χ2v) is 30.1. The summed E-state index contributed by atoms with van der Waals surface area (Å²) in [5.74, 6) is -0.952. The monoisotopic (exact) mass is 1090 g/mol. The molecule has 6 aromatic rings. The standard InChI is InChI=1S/C27H30N2O4.3C16H24/c1-26(2)21-14-19(11-8-17-6-9-18(10-7-17)25(32)33)20(16-29-13-5-12-28-29)15-22(21)27(3,4)24(31)23(26)30;3*1-11-9-13-14(10-12(11)2)16(5,6)8-7-15(13,3)4/h5-15,23-24,30-31H,16H2,1-4H3,(H,32,33);3*9-10H,7-8H2,1-6H3/b11-8+;;;/t23-,24-;;;/m1.../s1. The Bertz CT molecular complexity index is 2980. The summed E-state index contributed by atoms with van der Waals surface area (Å²) in [4.78, 5) is 11.1. The highest BCUT2D eigenvalue weighted by molar-refractivity contribution is 5.88. The van der Waals surface area contributed by atoms with Crippen LogP contribution in [0.15, 0.2) is 91.3 Å². The number of carboxylic acid groups (broad SMARTS) is 1. The molecule has 4 aliphatic carbocycles. The number of rotatable bonds is 5. The van der Waals surface area contributed by atoms with Crippen molar-refractivity contribution >= 4 is 18.1 Å². The Morgan fingerprint density at radius 3 is 1.06 bits per heavy atom. The SMILES string of the molecule is CC1(C)c2cc(/C=C/c3ccc(C(=O)O)cc3)c(Cn3cccn3)cc2C(C)(C)[C@H](O)[C@H]1O.Cc1cc2c(cc1C)C(C)(C)CCC2(C)C.Cc1cc2c(cc1C)C(C)(C)CCC2(C)C.Cc1cc2c(cc1C)C(C)(C)CCC2(C)C. The summed E-state index contributed by atoms with van der Waals surface area (Å²) >= 11 is 0. The Morgan fingerprint density at radius 2 is 0.778 bits per heavy atom. The molecule has 2 atom stereocenters. The normalized spacial score (nSPS) is 21.4. The highest BCUT2D eigenvalue weighted by Crippen LogP contribution is 2.50. The van der Waals surface area contributed by atoms with Crippen LogP contribution in [0.2, 0.25) is 0 Å². The quantitative estimate of drug-likeness (QED) is 0.150. The molecule has 3 N–H and O–H groups in total. The van der Waals surface area contributed by atoms with E-state index in [0.29, 0.717) is 39.0 Å². The van der Waals surface area contributed by atoms with E-state index in [0.717, 1.165) is 27.8 Å². The molecule has 0 radical (unpaired) electrons. The van der Waals surface area contributed by atoms with Crippen molar-refractivity contribution in [2.45, 2.75) is 253 Å². The number of fused-ring (bicyclic) bond motifs is 4. The van der Waals surface area contributed by atoms with Crippen molar-refractivity contribution in [3.8, 4) is 0 Å². The summed E-state index contributed by atoms with van der Waals surface area (Å²) < 4.78 is 1.85. The maximum Gasteiger partial charge on any atom is 0.335 e. The first-order chi connectivity index (χ1) is 37.2. The zero-order valence-electron chi connectivity index (χ0n) is 54.1. The summed E-state index contributed by atoms with van der Waals surface area (Å²) in [7, 11) is 0. The van der Waals surface area contributed by atoms with Crippen LogP contribution < -0.4 is 0 Å². The number of aliphatic hydroxyl groups excluding tert-OH is 2. The molecule has 10 rings (SSSR count). The van der Waals surface area contributed by atoms with Gasteiger partial charge in [-0.05, 0) is 225 Å². The minimum absolute atomic E-state index is 0.247. The number of hydrogen-bond donors (Lipinski definition) is 3. The molecule has 0 bridgehead atoms. The van der Waals surface area contributed by atoms with Gasteiger partial charge < -0.3 is 15.3 Å². The van der Waals surface area contributed by atoms with E-state index in [-0.39, 0.29) is 5.56 Å². The average Bonchev–Trinajstić information content (AvgIpc) is 4.06. The van der Waals surface area contributed by atoms with Gasteiger partial charge >= 0.3 is 5.97 Å². The minimum atomic E-state index is -0.952. The fraction of sp³-hybridized carbons (Fsp3) is 0.520. The molecule has 6 nitrogen and oxygen atoms in total. The molecule has 0 fully saturated rings. The number of aromatic nitrogens is 2. The molecule has 0 saturated carbocycles. The van der Waals surface area contributed by atoms with E-state index >= 15 is 0 Å². The number of benzene rings is 5. The molecule has 0 amide bonds. The van der Waals surface area contributed by atoms with Crippen molar-refractivity contribution in [1.82, 2.24) is 9.78 Å². The van der Waals surface area contributed by atoms with Gasteiger partial charge in [-0.25, -0.2) is 4.79 Å². The van der Waals surface area contributed by atoms with Crippen molar-refractivity contribution in [1.29, 1.82) is 0 Å². The molecule has 0 unspecified atom stereocenters. The van der Waals surface area contributed by atoms with Crippen molar-refractivity contribution in [3.05, 3.63) is 191 Å². The third kappa shape index (κ3) is 13.0. The lowest BCUT2D eigenvalue weighted by Crippen LogP contribution is -2.56. The van der Waals surface area contributed by atoms with Gasteiger partial charge in [0, 0.05) is 23.2 Å². The smallest absolute Gasteiger partial charge is 0.335 e. The van der Waals surface area contributed by atoms with Gasteiger partial charge in [0.15, 0.2) is 0 Å². The maximum absolute atomic E-state index is 11.1. The summed E-state index contributed by atoms with van der Waals surface area (Å²) in [6.07, 6.45) is 13.6. The van der Waals surface area contributed by atoms with Crippen LogP contribution in [0.3, 0.4) is 0 Å². The lowest BCUT2D eigenvalue weighted by atomic mass is 9.59. The highest BCUT2D eigenvalue weighted by atomic mass is 16.4. The molecule has 0 saturated heterocycles.